The molecule has 6 heteroatoms. The van der Waals surface area contributed by atoms with Crippen LogP contribution in [0.15, 0.2) is 27.5 Å². The fourth-order valence-corrected chi connectivity index (χ4v) is 3.28. The number of rotatable bonds is 3. The third-order valence-electron chi connectivity index (χ3n) is 4.46. The maximum atomic E-state index is 6.04. The van der Waals surface area contributed by atoms with Crippen molar-refractivity contribution in [2.45, 2.75) is 38.0 Å². The van der Waals surface area contributed by atoms with E-state index in [1.165, 1.54) is 0 Å². The average Bonchev–Trinajstić information content (AvgIpc) is 2.99. The van der Waals surface area contributed by atoms with Crippen molar-refractivity contribution in [1.82, 2.24) is 15.1 Å². The maximum Gasteiger partial charge on any atom is 0.234 e. The molecule has 2 N–H and O–H groups in total. The number of halogens is 1. The molecule has 2 aromatic heterocycles. The number of aromatic nitrogens is 3. The van der Waals surface area contributed by atoms with Crippen molar-refractivity contribution < 1.29 is 4.52 Å². The molecule has 1 fully saturated rings. The molecule has 21 heavy (non-hydrogen) atoms. The van der Waals surface area contributed by atoms with E-state index in [2.05, 4.69) is 38.0 Å². The van der Waals surface area contributed by atoms with Crippen molar-refractivity contribution in [3.8, 4) is 11.4 Å². The van der Waals surface area contributed by atoms with Crippen LogP contribution in [0.25, 0.3) is 11.4 Å². The van der Waals surface area contributed by atoms with Crippen LogP contribution in [0.4, 0.5) is 0 Å². The third kappa shape index (κ3) is 2.87. The van der Waals surface area contributed by atoms with E-state index in [1.54, 1.807) is 12.4 Å². The molecule has 1 saturated carbocycles. The molecular weight excluding hydrogens is 332 g/mol. The van der Waals surface area contributed by atoms with Gasteiger partial charge in [0.2, 0.25) is 11.7 Å². The Morgan fingerprint density at radius 1 is 1.38 bits per heavy atom. The summed E-state index contributed by atoms with van der Waals surface area (Å²) in [6.45, 7) is 2.84. The lowest BCUT2D eigenvalue weighted by Crippen LogP contribution is -2.39. The van der Waals surface area contributed by atoms with Gasteiger partial charge >= 0.3 is 0 Å². The number of nitrogens with two attached hydrogens (primary N) is 1. The Hall–Kier alpha value is -1.27. The highest BCUT2D eigenvalue weighted by molar-refractivity contribution is 9.10. The lowest BCUT2D eigenvalue weighted by molar-refractivity contribution is 0.191. The van der Waals surface area contributed by atoms with Crippen molar-refractivity contribution in [2.24, 2.45) is 11.7 Å². The van der Waals surface area contributed by atoms with E-state index >= 15 is 0 Å². The summed E-state index contributed by atoms with van der Waals surface area (Å²) in [6.07, 6.45) is 7.82. The van der Waals surface area contributed by atoms with Crippen LogP contribution in [-0.2, 0) is 5.41 Å². The van der Waals surface area contributed by atoms with Gasteiger partial charge in [0.1, 0.15) is 0 Å². The fourth-order valence-electron chi connectivity index (χ4n) is 2.91. The first-order valence-electron chi connectivity index (χ1n) is 7.28. The number of hydrogen-bond donors (Lipinski definition) is 1. The predicted octanol–water partition coefficient (Wildman–Crippen LogP) is 3.30. The Labute approximate surface area is 132 Å². The van der Waals surface area contributed by atoms with E-state index in [-0.39, 0.29) is 5.41 Å². The van der Waals surface area contributed by atoms with Gasteiger partial charge in [0.25, 0.3) is 0 Å². The van der Waals surface area contributed by atoms with Crippen LogP contribution < -0.4 is 5.73 Å². The van der Waals surface area contributed by atoms with Crippen molar-refractivity contribution in [3.63, 3.8) is 0 Å². The molecule has 0 spiro atoms. The first kappa shape index (κ1) is 14.7. The quantitative estimate of drug-likeness (QED) is 0.918. The summed E-state index contributed by atoms with van der Waals surface area (Å²) in [5, 5.41) is 4.11. The molecule has 0 saturated heterocycles. The van der Waals surface area contributed by atoms with E-state index in [9.17, 15) is 0 Å². The topological polar surface area (TPSA) is 77.8 Å². The highest BCUT2D eigenvalue weighted by Crippen LogP contribution is 2.40. The summed E-state index contributed by atoms with van der Waals surface area (Å²) in [7, 11) is 0. The molecule has 2 aromatic rings. The molecule has 0 aliphatic heterocycles. The largest absolute Gasteiger partial charge is 0.338 e. The van der Waals surface area contributed by atoms with Gasteiger partial charge in [0, 0.05) is 29.0 Å². The van der Waals surface area contributed by atoms with Gasteiger partial charge in [-0.05, 0) is 53.6 Å². The van der Waals surface area contributed by atoms with Crippen molar-refractivity contribution in [1.29, 1.82) is 0 Å². The van der Waals surface area contributed by atoms with E-state index in [0.29, 0.717) is 18.3 Å². The van der Waals surface area contributed by atoms with Gasteiger partial charge in [-0.15, -0.1) is 0 Å². The molecule has 0 atom stereocenters. The molecule has 1 aliphatic rings. The Morgan fingerprint density at radius 3 is 2.81 bits per heavy atom. The molecule has 0 amide bonds. The summed E-state index contributed by atoms with van der Waals surface area (Å²) in [5.41, 5.74) is 6.73. The molecule has 0 bridgehead atoms. The molecule has 0 unspecified atom stereocenters. The number of hydrogen-bond acceptors (Lipinski definition) is 5. The minimum absolute atomic E-state index is 0.156. The van der Waals surface area contributed by atoms with Crippen LogP contribution in [0.2, 0.25) is 0 Å². The Bertz CT molecular complexity index is 620. The van der Waals surface area contributed by atoms with Crippen LogP contribution in [0.1, 0.15) is 38.5 Å². The molecule has 0 radical (unpaired) electrons. The first-order valence-corrected chi connectivity index (χ1v) is 8.07. The third-order valence-corrected chi connectivity index (χ3v) is 4.90. The van der Waals surface area contributed by atoms with Crippen LogP contribution in [0, 0.1) is 5.92 Å². The smallest absolute Gasteiger partial charge is 0.234 e. The molecule has 5 nitrogen and oxygen atoms in total. The lowest BCUT2D eigenvalue weighted by atomic mass is 9.71. The second-order valence-corrected chi connectivity index (χ2v) is 6.90. The summed E-state index contributed by atoms with van der Waals surface area (Å²) < 4.78 is 6.44. The summed E-state index contributed by atoms with van der Waals surface area (Å²) in [5.74, 6) is 2.00. The standard InChI is InChI=1S/C15H19BrN4O/c1-10-2-4-15(9-17,5-3-10)14-19-13(20-21-14)11-6-12(16)8-18-7-11/h6-8,10H,2-5,9,17H2,1H3. The Morgan fingerprint density at radius 2 is 2.14 bits per heavy atom. The summed E-state index contributed by atoms with van der Waals surface area (Å²) in [4.78, 5) is 8.73. The minimum atomic E-state index is -0.156. The average molecular weight is 351 g/mol. The fraction of sp³-hybridized carbons (Fsp3) is 0.533. The van der Waals surface area contributed by atoms with Gasteiger partial charge in [-0.3, -0.25) is 4.98 Å². The lowest BCUT2D eigenvalue weighted by Gasteiger charge is -2.35. The number of nitrogens with zero attached hydrogens (tertiary/aromatic N) is 3. The number of pyridine rings is 1. The summed E-state index contributed by atoms with van der Waals surface area (Å²) in [6, 6.07) is 1.93. The second kappa shape index (κ2) is 5.85. The monoisotopic (exact) mass is 350 g/mol. The first-order chi connectivity index (χ1) is 10.1. The maximum absolute atomic E-state index is 6.04. The zero-order valence-electron chi connectivity index (χ0n) is 12.1. The highest BCUT2D eigenvalue weighted by Gasteiger charge is 2.39. The normalized spacial score (nSPS) is 26.0. The Balaban J connectivity index is 1.90. The van der Waals surface area contributed by atoms with Gasteiger partial charge in [-0.25, -0.2) is 0 Å². The van der Waals surface area contributed by atoms with Crippen molar-refractivity contribution in [3.05, 3.63) is 28.8 Å². The molecule has 2 heterocycles. The second-order valence-electron chi connectivity index (χ2n) is 5.98. The van der Waals surface area contributed by atoms with Gasteiger partial charge < -0.3 is 10.3 Å². The Kier molecular flexibility index (Phi) is 4.08. The van der Waals surface area contributed by atoms with E-state index < -0.39 is 0 Å². The minimum Gasteiger partial charge on any atom is -0.338 e. The van der Waals surface area contributed by atoms with Crippen LogP contribution >= 0.6 is 15.9 Å². The van der Waals surface area contributed by atoms with E-state index in [4.69, 9.17) is 10.3 Å². The van der Waals surface area contributed by atoms with Gasteiger partial charge in [0.05, 0.1) is 5.41 Å². The van der Waals surface area contributed by atoms with E-state index in [0.717, 1.165) is 41.6 Å². The van der Waals surface area contributed by atoms with Crippen LogP contribution in [0.3, 0.4) is 0 Å². The summed E-state index contributed by atoms with van der Waals surface area (Å²) >= 11 is 3.40. The molecular formula is C15H19BrN4O. The molecule has 112 valence electrons. The predicted molar refractivity (Wildman–Crippen MR) is 83.6 cm³/mol. The van der Waals surface area contributed by atoms with Crippen LogP contribution in [-0.4, -0.2) is 21.7 Å². The van der Waals surface area contributed by atoms with Crippen LogP contribution in [0.5, 0.6) is 0 Å². The van der Waals surface area contributed by atoms with E-state index in [1.807, 2.05) is 6.07 Å². The molecule has 0 aromatic carbocycles. The molecule has 3 rings (SSSR count). The van der Waals surface area contributed by atoms with Crippen molar-refractivity contribution in [2.75, 3.05) is 6.54 Å². The van der Waals surface area contributed by atoms with Crippen molar-refractivity contribution >= 4 is 15.9 Å². The SMILES string of the molecule is CC1CCC(CN)(c2nc(-c3cncc(Br)c3)no2)CC1. The van der Waals surface area contributed by atoms with Gasteiger partial charge in [0.15, 0.2) is 0 Å². The zero-order valence-corrected chi connectivity index (χ0v) is 13.6. The highest BCUT2D eigenvalue weighted by atomic mass is 79.9. The van der Waals surface area contributed by atoms with Gasteiger partial charge in [-0.2, -0.15) is 4.98 Å². The zero-order chi connectivity index (χ0) is 14.9. The molecule has 1 aliphatic carbocycles. The van der Waals surface area contributed by atoms with Gasteiger partial charge in [-0.1, -0.05) is 12.1 Å².